The van der Waals surface area contributed by atoms with E-state index in [2.05, 4.69) is 5.32 Å². The minimum atomic E-state index is -0.627. The number of alkyl carbamates (subject to hydrolysis) is 1. The van der Waals surface area contributed by atoms with Crippen LogP contribution in [0.2, 0.25) is 5.02 Å². The number of amides is 1. The van der Waals surface area contributed by atoms with Gasteiger partial charge in [-0.15, -0.1) is 0 Å². The number of carbonyl (C=O) groups is 1. The molecule has 4 rings (SSSR count). The Hall–Kier alpha value is -2.86. The molecule has 1 amide bonds. The van der Waals surface area contributed by atoms with Crippen molar-refractivity contribution in [3.8, 4) is 5.69 Å². The predicted octanol–water partition coefficient (Wildman–Crippen LogP) is 5.41. The number of nitrogens with one attached hydrogen (secondary N) is 1. The Bertz CT molecular complexity index is 1160. The van der Waals surface area contributed by atoms with Crippen molar-refractivity contribution < 1.29 is 9.53 Å². The van der Waals surface area contributed by atoms with Crippen molar-refractivity contribution in [1.29, 1.82) is 0 Å². The molecule has 2 aromatic carbocycles. The summed E-state index contributed by atoms with van der Waals surface area (Å²) < 4.78 is 7.07. The van der Waals surface area contributed by atoms with Crippen molar-refractivity contribution in [2.45, 2.75) is 51.7 Å². The van der Waals surface area contributed by atoms with Gasteiger partial charge in [0.05, 0.1) is 27.7 Å². The van der Waals surface area contributed by atoms with E-state index in [1.807, 2.05) is 51.1 Å². The first-order valence-corrected chi connectivity index (χ1v) is 10.9. The van der Waals surface area contributed by atoms with Crippen molar-refractivity contribution >= 4 is 28.6 Å². The van der Waals surface area contributed by atoms with E-state index < -0.39 is 17.7 Å². The average molecular weight is 440 g/mol. The molecule has 0 radical (unpaired) electrons. The molecule has 0 aliphatic heterocycles. The molecule has 1 saturated carbocycles. The molecule has 0 spiro atoms. The van der Waals surface area contributed by atoms with E-state index in [1.165, 1.54) is 0 Å². The molecule has 1 atom stereocenters. The smallest absolute Gasteiger partial charge is 0.408 e. The van der Waals surface area contributed by atoms with E-state index in [9.17, 15) is 9.59 Å². The van der Waals surface area contributed by atoms with E-state index in [4.69, 9.17) is 21.3 Å². The number of rotatable bonds is 4. The van der Waals surface area contributed by atoms with Gasteiger partial charge in [-0.2, -0.15) is 0 Å². The second kappa shape index (κ2) is 8.35. The van der Waals surface area contributed by atoms with Crippen LogP contribution in [0.25, 0.3) is 16.6 Å². The molecule has 1 N–H and O–H groups in total. The lowest BCUT2D eigenvalue weighted by atomic mass is 9.79. The first kappa shape index (κ1) is 21.4. The van der Waals surface area contributed by atoms with E-state index in [1.54, 1.807) is 22.8 Å². The highest BCUT2D eigenvalue weighted by Crippen LogP contribution is 2.38. The van der Waals surface area contributed by atoms with Crippen molar-refractivity contribution in [2.75, 3.05) is 0 Å². The second-order valence-electron chi connectivity index (χ2n) is 8.89. The van der Waals surface area contributed by atoms with Crippen LogP contribution in [0, 0.1) is 5.92 Å². The van der Waals surface area contributed by atoms with Crippen molar-refractivity contribution in [3.63, 3.8) is 0 Å². The Morgan fingerprint density at radius 1 is 1.16 bits per heavy atom. The van der Waals surface area contributed by atoms with Crippen LogP contribution in [0.4, 0.5) is 4.79 Å². The standard InChI is InChI=1S/C24H26ClN3O3/c1-24(2,3)31-23(30)27-20(15-9-7-10-15)21-26-18-14-8-13-17(25)19(18)22(29)28(21)16-11-5-4-6-12-16/h4-6,8,11-15,20H,7,9-10H2,1-3H3,(H,27,30)/t20-/m0/s1. The fraction of sp³-hybridized carbons (Fsp3) is 0.375. The number of fused-ring (bicyclic) bond motifs is 1. The molecule has 1 heterocycles. The van der Waals surface area contributed by atoms with Crippen molar-refractivity contribution in [3.05, 3.63) is 69.7 Å². The van der Waals surface area contributed by atoms with E-state index in [0.29, 0.717) is 27.4 Å². The Morgan fingerprint density at radius 3 is 2.48 bits per heavy atom. The third kappa shape index (κ3) is 4.44. The number of hydrogen-bond donors (Lipinski definition) is 1. The lowest BCUT2D eigenvalue weighted by Gasteiger charge is -2.35. The van der Waals surface area contributed by atoms with Gasteiger partial charge in [-0.25, -0.2) is 9.78 Å². The number of carbonyl (C=O) groups excluding carboxylic acids is 1. The molecule has 1 aliphatic carbocycles. The summed E-state index contributed by atoms with van der Waals surface area (Å²) in [6, 6.07) is 14.1. The quantitative estimate of drug-likeness (QED) is 0.590. The number of benzene rings is 2. The van der Waals surface area contributed by atoms with Gasteiger partial charge in [-0.1, -0.05) is 42.3 Å². The van der Waals surface area contributed by atoms with Gasteiger partial charge in [0.1, 0.15) is 11.4 Å². The largest absolute Gasteiger partial charge is 0.444 e. The summed E-state index contributed by atoms with van der Waals surface area (Å²) >= 11 is 6.37. The second-order valence-corrected chi connectivity index (χ2v) is 9.30. The van der Waals surface area contributed by atoms with Crippen LogP contribution in [0.5, 0.6) is 0 Å². The molecule has 6 nitrogen and oxygen atoms in total. The van der Waals surface area contributed by atoms with Gasteiger partial charge in [0, 0.05) is 0 Å². The van der Waals surface area contributed by atoms with Crippen LogP contribution in [-0.2, 0) is 4.74 Å². The molecule has 7 heteroatoms. The number of hydrogen-bond acceptors (Lipinski definition) is 4. The first-order chi connectivity index (χ1) is 14.7. The van der Waals surface area contributed by atoms with E-state index in [0.717, 1.165) is 19.3 Å². The normalized spacial score (nSPS) is 15.4. The minimum absolute atomic E-state index is 0.172. The van der Waals surface area contributed by atoms with Crippen LogP contribution in [0.3, 0.4) is 0 Å². The number of halogens is 1. The molecule has 162 valence electrons. The number of ether oxygens (including phenoxy) is 1. The fourth-order valence-corrected chi connectivity index (χ4v) is 4.09. The molecule has 3 aromatic rings. The maximum absolute atomic E-state index is 13.6. The Balaban J connectivity index is 1.91. The fourth-order valence-electron chi connectivity index (χ4n) is 3.84. The monoisotopic (exact) mass is 439 g/mol. The highest BCUT2D eigenvalue weighted by molar-refractivity contribution is 6.35. The summed E-state index contributed by atoms with van der Waals surface area (Å²) in [7, 11) is 0. The van der Waals surface area contributed by atoms with Crippen molar-refractivity contribution in [2.24, 2.45) is 5.92 Å². The van der Waals surface area contributed by atoms with E-state index in [-0.39, 0.29) is 11.5 Å². The highest BCUT2D eigenvalue weighted by Gasteiger charge is 2.35. The SMILES string of the molecule is CC(C)(C)OC(=O)N[C@H](c1nc2cccc(Cl)c2c(=O)n1-c1ccccc1)C1CCC1. The van der Waals surface area contributed by atoms with E-state index >= 15 is 0 Å². The summed E-state index contributed by atoms with van der Waals surface area (Å²) in [5.74, 6) is 0.660. The Labute approximate surface area is 186 Å². The molecule has 31 heavy (non-hydrogen) atoms. The molecule has 0 unspecified atom stereocenters. The van der Waals surface area contributed by atoms with Crippen LogP contribution in [0.1, 0.15) is 51.9 Å². The zero-order chi connectivity index (χ0) is 22.2. The molecule has 1 fully saturated rings. The summed E-state index contributed by atoms with van der Waals surface area (Å²) in [4.78, 5) is 31.1. The van der Waals surface area contributed by atoms with Crippen molar-refractivity contribution in [1.82, 2.24) is 14.9 Å². The number of aromatic nitrogens is 2. The zero-order valence-electron chi connectivity index (χ0n) is 17.9. The van der Waals surface area contributed by atoms with Gasteiger partial charge in [0.25, 0.3) is 5.56 Å². The first-order valence-electron chi connectivity index (χ1n) is 10.5. The van der Waals surface area contributed by atoms with Crippen LogP contribution in [-0.4, -0.2) is 21.2 Å². The molecular weight excluding hydrogens is 414 g/mol. The Kier molecular flexibility index (Phi) is 5.75. The third-order valence-electron chi connectivity index (χ3n) is 5.46. The average Bonchev–Trinajstić information content (AvgIpc) is 2.65. The third-order valence-corrected chi connectivity index (χ3v) is 5.77. The van der Waals surface area contributed by atoms with Crippen LogP contribution < -0.4 is 10.9 Å². The molecular formula is C24H26ClN3O3. The maximum atomic E-state index is 13.6. The molecule has 1 aliphatic rings. The summed E-state index contributed by atoms with van der Waals surface area (Å²) in [5.41, 5.74) is 0.298. The summed E-state index contributed by atoms with van der Waals surface area (Å²) in [6.45, 7) is 5.46. The van der Waals surface area contributed by atoms with Gasteiger partial charge >= 0.3 is 6.09 Å². The highest BCUT2D eigenvalue weighted by atomic mass is 35.5. The lowest BCUT2D eigenvalue weighted by molar-refractivity contribution is 0.0458. The number of nitrogens with zero attached hydrogens (tertiary/aromatic N) is 2. The summed E-state index contributed by atoms with van der Waals surface area (Å²) in [6.07, 6.45) is 2.44. The molecule has 0 bridgehead atoms. The number of para-hydroxylation sites is 1. The zero-order valence-corrected chi connectivity index (χ0v) is 18.6. The summed E-state index contributed by atoms with van der Waals surface area (Å²) in [5, 5.41) is 3.71. The van der Waals surface area contributed by atoms with Gasteiger partial charge in [0.2, 0.25) is 0 Å². The predicted molar refractivity (Wildman–Crippen MR) is 122 cm³/mol. The van der Waals surface area contributed by atoms with Gasteiger partial charge in [0.15, 0.2) is 0 Å². The van der Waals surface area contributed by atoms with Crippen LogP contribution in [0.15, 0.2) is 53.3 Å². The minimum Gasteiger partial charge on any atom is -0.444 e. The molecule has 1 aromatic heterocycles. The maximum Gasteiger partial charge on any atom is 0.408 e. The van der Waals surface area contributed by atoms with Crippen LogP contribution >= 0.6 is 11.6 Å². The topological polar surface area (TPSA) is 73.2 Å². The van der Waals surface area contributed by atoms with Gasteiger partial charge in [-0.05, 0) is 63.8 Å². The van der Waals surface area contributed by atoms with Gasteiger partial charge in [-0.3, -0.25) is 9.36 Å². The van der Waals surface area contributed by atoms with Gasteiger partial charge < -0.3 is 10.1 Å². The molecule has 0 saturated heterocycles. The lowest BCUT2D eigenvalue weighted by Crippen LogP contribution is -2.42. The Morgan fingerprint density at radius 2 is 1.87 bits per heavy atom.